The molecule has 0 aromatic heterocycles. The van der Waals surface area contributed by atoms with Crippen molar-refractivity contribution in [2.75, 3.05) is 0 Å². The van der Waals surface area contributed by atoms with Gasteiger partial charge in [0.05, 0.1) is 0 Å². The zero-order valence-electron chi connectivity index (χ0n) is 1.76. The van der Waals surface area contributed by atoms with Gasteiger partial charge in [-0.25, -0.2) is 0 Å². The molecule has 0 N–H and O–H groups in total. The van der Waals surface area contributed by atoms with E-state index in [1.165, 1.54) is 0 Å². The van der Waals surface area contributed by atoms with E-state index in [-0.39, 0.29) is 47.9 Å². The normalized spacial score (nSPS) is 1.50. The maximum Gasteiger partial charge on any atom is 0.116 e. The van der Waals surface area contributed by atoms with Gasteiger partial charge in [0.25, 0.3) is 0 Å². The van der Waals surface area contributed by atoms with Crippen molar-refractivity contribution < 1.29 is 51.9 Å². The van der Waals surface area contributed by atoms with Gasteiger partial charge in [-0.15, -0.1) is 3.98 Å². The second kappa shape index (κ2) is 21.3. The largest absolute Gasteiger partial charge is 0.116 e. The van der Waals surface area contributed by atoms with Crippen molar-refractivity contribution >= 4 is 12.0 Å². The summed E-state index contributed by atoms with van der Waals surface area (Å²) in [5.41, 5.74) is 0. The summed E-state index contributed by atoms with van der Waals surface area (Å²) >= 11 is 3.14. The van der Waals surface area contributed by atoms with E-state index in [0.29, 0.717) is 0 Å². The molecule has 0 nitrogen and oxygen atoms in total. The zero-order valence-corrected chi connectivity index (χ0v) is 6.53. The van der Waals surface area contributed by atoms with Gasteiger partial charge in [-0.2, -0.15) is 0 Å². The summed E-state index contributed by atoms with van der Waals surface area (Å²) in [6.07, 6.45) is 0. The summed E-state index contributed by atoms with van der Waals surface area (Å²) in [5.74, 6) is 0. The van der Waals surface area contributed by atoms with Crippen molar-refractivity contribution in [1.29, 1.82) is 0 Å². The molecule has 0 aromatic carbocycles. The minimum absolute atomic E-state index is 0. The molecule has 0 aliphatic rings. The molecular weight excluding hydrogens is 194 g/mol. The summed E-state index contributed by atoms with van der Waals surface area (Å²) in [4.78, 5) is 0. The summed E-state index contributed by atoms with van der Waals surface area (Å²) in [7, 11) is 0. The van der Waals surface area contributed by atoms with Crippen LogP contribution in [0.25, 0.3) is 0 Å². The first-order valence-electron chi connectivity index (χ1n) is 0.143. The summed E-state index contributed by atoms with van der Waals surface area (Å²) in [6.45, 7) is 0. The third-order valence-electron chi connectivity index (χ3n) is 0. The van der Waals surface area contributed by atoms with E-state index < -0.39 is 0 Å². The van der Waals surface area contributed by atoms with Gasteiger partial charge in [0, 0.05) is 47.9 Å². The van der Waals surface area contributed by atoms with Crippen molar-refractivity contribution in [3.05, 3.63) is 0 Å². The summed E-state index contributed by atoms with van der Waals surface area (Å²) in [6, 6.07) is 0. The van der Waals surface area contributed by atoms with Crippen LogP contribution in [-0.2, 0) is 47.9 Å². The minimum atomic E-state index is 0. The standard InChI is InChI=1S/ClF.Ti.Zr/c1-2;;. The second-order valence-electron chi connectivity index (χ2n) is 0. The molecule has 0 atom stereocenters. The van der Waals surface area contributed by atoms with Gasteiger partial charge in [0.2, 0.25) is 0 Å². The van der Waals surface area contributed by atoms with Crippen LogP contribution < -0.4 is 0 Å². The topological polar surface area (TPSA) is 0 Å². The summed E-state index contributed by atoms with van der Waals surface area (Å²) < 4.78 is 8.97. The van der Waals surface area contributed by atoms with E-state index in [2.05, 4.69) is 12.0 Å². The van der Waals surface area contributed by atoms with Gasteiger partial charge < -0.3 is 0 Å². The molecule has 4 heavy (non-hydrogen) atoms. The van der Waals surface area contributed by atoms with Gasteiger partial charge in [-0.1, -0.05) is 0 Å². The Morgan fingerprint density at radius 2 is 1.25 bits per heavy atom. The number of hydrogen-bond donors (Lipinski definition) is 0. The Balaban J connectivity index is -0.00000000500. The molecule has 4 heteroatoms. The smallest absolute Gasteiger partial charge is 0.116 e. The van der Waals surface area contributed by atoms with Crippen LogP contribution in [0.15, 0.2) is 0 Å². The van der Waals surface area contributed by atoms with Crippen molar-refractivity contribution in [3.63, 3.8) is 0 Å². The number of hydrogen-bond acceptors (Lipinski definition) is 0. The molecule has 0 unspecified atom stereocenters. The Hall–Kier alpha value is 1.82. The predicted octanol–water partition coefficient (Wildman–Crippen LogP) is 1.10. The van der Waals surface area contributed by atoms with Crippen LogP contribution in [0.4, 0.5) is 3.98 Å². The molecule has 0 fully saturated rings. The molecular formula is ClFTiZr. The van der Waals surface area contributed by atoms with E-state index in [0.717, 1.165) is 0 Å². The Kier molecular flexibility index (Phi) is 90.4. The maximum absolute atomic E-state index is 8.97. The quantitative estimate of drug-likeness (QED) is 0.506. The summed E-state index contributed by atoms with van der Waals surface area (Å²) in [5, 5.41) is 0. The van der Waals surface area contributed by atoms with Crippen LogP contribution in [0.3, 0.4) is 0 Å². The fourth-order valence-electron chi connectivity index (χ4n) is 0. The van der Waals surface area contributed by atoms with Gasteiger partial charge in [0.1, 0.15) is 12.0 Å². The van der Waals surface area contributed by atoms with Gasteiger partial charge >= 0.3 is 0 Å². The average Bonchev–Trinajstić information content (AvgIpc) is 1.00. The average molecular weight is 194 g/mol. The molecule has 0 aliphatic carbocycles. The predicted molar refractivity (Wildman–Crippen MR) is 6.96 cm³/mol. The van der Waals surface area contributed by atoms with Crippen LogP contribution in [-0.4, -0.2) is 0 Å². The fourth-order valence-corrected chi connectivity index (χ4v) is 0. The molecule has 0 aromatic rings. The van der Waals surface area contributed by atoms with Crippen molar-refractivity contribution in [2.45, 2.75) is 0 Å². The molecule has 0 saturated heterocycles. The number of halogens is 2. The molecule has 0 bridgehead atoms. The first-order chi connectivity index (χ1) is 1.00. The minimum Gasteiger partial charge on any atom is -0.116 e. The molecule has 0 heterocycles. The second-order valence-corrected chi connectivity index (χ2v) is 0. The van der Waals surface area contributed by atoms with Crippen molar-refractivity contribution in [2.24, 2.45) is 0 Å². The van der Waals surface area contributed by atoms with E-state index >= 15 is 0 Å². The first kappa shape index (κ1) is 17.0. The third kappa shape index (κ3) is 9.17. The van der Waals surface area contributed by atoms with Gasteiger partial charge in [-0.05, 0) is 0 Å². The molecule has 0 aliphatic heterocycles. The SMILES string of the molecule is FCl.[Ti].[Zr]. The maximum atomic E-state index is 8.97. The van der Waals surface area contributed by atoms with Gasteiger partial charge in [-0.3, -0.25) is 0 Å². The number of rotatable bonds is 0. The van der Waals surface area contributed by atoms with Crippen LogP contribution in [0, 0.1) is 0 Å². The monoisotopic (exact) mass is 192 g/mol. The van der Waals surface area contributed by atoms with Crippen LogP contribution in [0.1, 0.15) is 0 Å². The van der Waals surface area contributed by atoms with Crippen molar-refractivity contribution in [1.82, 2.24) is 0 Å². The third-order valence-corrected chi connectivity index (χ3v) is 0. The molecule has 0 rings (SSSR count). The van der Waals surface area contributed by atoms with Crippen LogP contribution >= 0.6 is 12.0 Å². The van der Waals surface area contributed by atoms with E-state index in [1.807, 2.05) is 0 Å². The van der Waals surface area contributed by atoms with E-state index in [4.69, 9.17) is 3.98 Å². The molecule has 0 spiro atoms. The Morgan fingerprint density at radius 3 is 1.25 bits per heavy atom. The van der Waals surface area contributed by atoms with E-state index in [1.54, 1.807) is 0 Å². The Bertz CT molecular complexity index is 8.00. The van der Waals surface area contributed by atoms with Gasteiger partial charge in [0.15, 0.2) is 0 Å². The molecule has 22 valence electrons. The van der Waals surface area contributed by atoms with Crippen molar-refractivity contribution in [3.8, 4) is 0 Å². The van der Waals surface area contributed by atoms with Crippen LogP contribution in [0.2, 0.25) is 0 Å². The Morgan fingerprint density at radius 1 is 1.25 bits per heavy atom. The van der Waals surface area contributed by atoms with Crippen LogP contribution in [0.5, 0.6) is 0 Å². The van der Waals surface area contributed by atoms with E-state index in [9.17, 15) is 0 Å². The molecule has 0 amide bonds. The Labute approximate surface area is 63.3 Å². The zero-order chi connectivity index (χ0) is 2.00. The first-order valence-corrected chi connectivity index (χ1v) is 0.429. The fraction of sp³-hybridized carbons (Fsp3) is 0. The molecule has 0 radical (unpaired) electrons. The molecule has 0 saturated carbocycles.